The Labute approximate surface area is 124 Å². The molecule has 21 heavy (non-hydrogen) atoms. The lowest BCUT2D eigenvalue weighted by Crippen LogP contribution is -2.32. The number of aromatic nitrogens is 1. The standard InChI is InChI=1S/C15H22N6/c1-10-4-5-13-12(8-10)11(9-19-13)6-7-18-14(16)20-15(17)21(2)3/h4-5,8-9,19H,6-7H2,1-3H3,(H4,16,17,18,20). The van der Waals surface area contributed by atoms with Gasteiger partial charge in [-0.2, -0.15) is 4.99 Å². The normalized spacial score (nSPS) is 12.9. The van der Waals surface area contributed by atoms with Crippen LogP contribution in [0.4, 0.5) is 0 Å². The molecule has 1 heterocycles. The number of fused-ring (bicyclic) bond motifs is 1. The largest absolute Gasteiger partial charge is 0.369 e. The zero-order chi connectivity index (χ0) is 15.4. The van der Waals surface area contributed by atoms with Gasteiger partial charge in [0.05, 0.1) is 0 Å². The average molecular weight is 286 g/mol. The number of benzene rings is 1. The summed E-state index contributed by atoms with van der Waals surface area (Å²) < 4.78 is 0. The summed E-state index contributed by atoms with van der Waals surface area (Å²) in [6.45, 7) is 2.67. The second-order valence-corrected chi connectivity index (χ2v) is 5.22. The van der Waals surface area contributed by atoms with E-state index in [1.807, 2.05) is 6.20 Å². The molecule has 6 nitrogen and oxygen atoms in total. The molecule has 0 radical (unpaired) electrons. The lowest BCUT2D eigenvalue weighted by molar-refractivity contribution is 0.615. The smallest absolute Gasteiger partial charge is 0.218 e. The van der Waals surface area contributed by atoms with Crippen molar-refractivity contribution in [3.8, 4) is 0 Å². The fraction of sp³-hybridized carbons (Fsp3) is 0.333. The Morgan fingerprint density at radius 1 is 1.29 bits per heavy atom. The third-order valence-electron chi connectivity index (χ3n) is 3.27. The predicted molar refractivity (Wildman–Crippen MR) is 88.5 cm³/mol. The lowest BCUT2D eigenvalue weighted by Gasteiger charge is -2.09. The fourth-order valence-corrected chi connectivity index (χ4v) is 2.04. The van der Waals surface area contributed by atoms with E-state index in [2.05, 4.69) is 40.1 Å². The van der Waals surface area contributed by atoms with Gasteiger partial charge in [-0.25, -0.2) is 0 Å². The molecular formula is C15H22N6. The second kappa shape index (κ2) is 6.30. The molecule has 6 heteroatoms. The first kappa shape index (κ1) is 14.9. The minimum atomic E-state index is 0.206. The SMILES string of the molecule is Cc1ccc2[nH]cc(CCN=C(N)N=C(N)N(C)C)c2c1. The van der Waals surface area contributed by atoms with Crippen molar-refractivity contribution in [1.29, 1.82) is 0 Å². The van der Waals surface area contributed by atoms with Crippen molar-refractivity contribution in [2.75, 3.05) is 20.6 Å². The maximum absolute atomic E-state index is 5.74. The maximum atomic E-state index is 5.74. The number of aryl methyl sites for hydroxylation is 1. The number of H-pyrrole nitrogens is 1. The Hall–Kier alpha value is -2.50. The van der Waals surface area contributed by atoms with E-state index in [1.54, 1.807) is 19.0 Å². The molecule has 0 aliphatic carbocycles. The van der Waals surface area contributed by atoms with Gasteiger partial charge in [0, 0.05) is 37.7 Å². The molecule has 0 aliphatic rings. The van der Waals surface area contributed by atoms with Gasteiger partial charge in [0.25, 0.3) is 0 Å². The summed E-state index contributed by atoms with van der Waals surface area (Å²) in [5.74, 6) is 0.552. The number of nitrogens with zero attached hydrogens (tertiary/aromatic N) is 3. The molecule has 0 atom stereocenters. The number of hydrogen-bond acceptors (Lipinski definition) is 1. The molecule has 0 aliphatic heterocycles. The lowest BCUT2D eigenvalue weighted by atomic mass is 10.1. The number of hydrogen-bond donors (Lipinski definition) is 3. The number of guanidine groups is 2. The van der Waals surface area contributed by atoms with Crippen molar-refractivity contribution in [2.24, 2.45) is 21.5 Å². The number of aromatic amines is 1. The third kappa shape index (κ3) is 3.75. The molecule has 5 N–H and O–H groups in total. The van der Waals surface area contributed by atoms with Gasteiger partial charge >= 0.3 is 0 Å². The molecule has 0 amide bonds. The molecule has 0 bridgehead atoms. The van der Waals surface area contributed by atoms with Crippen molar-refractivity contribution >= 4 is 22.8 Å². The molecule has 2 rings (SSSR count). The first-order valence-corrected chi connectivity index (χ1v) is 6.85. The van der Waals surface area contributed by atoms with Crippen LogP contribution in [-0.2, 0) is 6.42 Å². The number of rotatable bonds is 3. The van der Waals surface area contributed by atoms with Gasteiger partial charge in [-0.1, -0.05) is 11.6 Å². The topological polar surface area (TPSA) is 95.8 Å². The number of nitrogens with two attached hydrogens (primary N) is 2. The zero-order valence-electron chi connectivity index (χ0n) is 12.7. The molecule has 1 aromatic carbocycles. The summed E-state index contributed by atoms with van der Waals surface area (Å²) in [5, 5.41) is 1.24. The van der Waals surface area contributed by atoms with Gasteiger partial charge in [0.2, 0.25) is 5.96 Å². The summed E-state index contributed by atoms with van der Waals surface area (Å²) in [6, 6.07) is 6.36. The van der Waals surface area contributed by atoms with E-state index >= 15 is 0 Å². The van der Waals surface area contributed by atoms with E-state index in [0.717, 1.165) is 11.9 Å². The third-order valence-corrected chi connectivity index (χ3v) is 3.27. The second-order valence-electron chi connectivity index (χ2n) is 5.22. The molecule has 0 spiro atoms. The van der Waals surface area contributed by atoms with Crippen molar-refractivity contribution in [3.63, 3.8) is 0 Å². The van der Waals surface area contributed by atoms with E-state index in [1.165, 1.54) is 16.5 Å². The monoisotopic (exact) mass is 286 g/mol. The molecule has 0 fully saturated rings. The Morgan fingerprint density at radius 3 is 2.76 bits per heavy atom. The Balaban J connectivity index is 2.05. The van der Waals surface area contributed by atoms with Gasteiger partial charge in [0.1, 0.15) is 0 Å². The average Bonchev–Trinajstić information content (AvgIpc) is 2.81. The van der Waals surface area contributed by atoms with Crippen LogP contribution in [0, 0.1) is 6.92 Å². The van der Waals surface area contributed by atoms with Crippen molar-refractivity contribution < 1.29 is 0 Å². The fourth-order valence-electron chi connectivity index (χ4n) is 2.04. The highest BCUT2D eigenvalue weighted by Crippen LogP contribution is 2.20. The number of nitrogens with one attached hydrogen (secondary N) is 1. The van der Waals surface area contributed by atoms with Crippen LogP contribution in [0.3, 0.4) is 0 Å². The first-order chi connectivity index (χ1) is 9.97. The molecule has 2 aromatic rings. The molecule has 0 saturated heterocycles. The van der Waals surface area contributed by atoms with Crippen molar-refractivity contribution in [2.45, 2.75) is 13.3 Å². The van der Waals surface area contributed by atoms with Crippen LogP contribution in [0.25, 0.3) is 10.9 Å². The maximum Gasteiger partial charge on any atom is 0.218 e. The van der Waals surface area contributed by atoms with Gasteiger partial charge in [0.15, 0.2) is 5.96 Å². The first-order valence-electron chi connectivity index (χ1n) is 6.85. The van der Waals surface area contributed by atoms with E-state index < -0.39 is 0 Å². The van der Waals surface area contributed by atoms with Crippen LogP contribution in [0.1, 0.15) is 11.1 Å². The van der Waals surface area contributed by atoms with Crippen LogP contribution < -0.4 is 11.5 Å². The molecule has 0 saturated carbocycles. The molecule has 1 aromatic heterocycles. The zero-order valence-corrected chi connectivity index (χ0v) is 12.7. The Kier molecular flexibility index (Phi) is 4.47. The van der Waals surface area contributed by atoms with Crippen LogP contribution in [0.15, 0.2) is 34.4 Å². The predicted octanol–water partition coefficient (Wildman–Crippen LogP) is 1.21. The highest BCUT2D eigenvalue weighted by Gasteiger charge is 2.03. The summed E-state index contributed by atoms with van der Waals surface area (Å²) in [6.07, 6.45) is 2.83. The van der Waals surface area contributed by atoms with Crippen LogP contribution >= 0.6 is 0 Å². The Morgan fingerprint density at radius 2 is 2.05 bits per heavy atom. The summed E-state index contributed by atoms with van der Waals surface area (Å²) in [5.41, 5.74) is 15.0. The van der Waals surface area contributed by atoms with E-state index in [-0.39, 0.29) is 5.96 Å². The van der Waals surface area contributed by atoms with Gasteiger partial charge in [-0.05, 0) is 31.0 Å². The minimum absolute atomic E-state index is 0.206. The van der Waals surface area contributed by atoms with Gasteiger partial charge in [-0.15, -0.1) is 0 Å². The van der Waals surface area contributed by atoms with E-state index in [9.17, 15) is 0 Å². The van der Waals surface area contributed by atoms with Crippen LogP contribution in [-0.4, -0.2) is 42.4 Å². The quantitative estimate of drug-likeness (QED) is 0.584. The highest BCUT2D eigenvalue weighted by molar-refractivity contribution is 5.93. The van der Waals surface area contributed by atoms with Crippen molar-refractivity contribution in [3.05, 3.63) is 35.5 Å². The van der Waals surface area contributed by atoms with Gasteiger partial charge < -0.3 is 21.4 Å². The van der Waals surface area contributed by atoms with Crippen LogP contribution in [0.5, 0.6) is 0 Å². The number of aliphatic imine (C=N–C) groups is 2. The minimum Gasteiger partial charge on any atom is -0.369 e. The van der Waals surface area contributed by atoms with E-state index in [0.29, 0.717) is 12.5 Å². The summed E-state index contributed by atoms with van der Waals surface area (Å²) in [4.78, 5) is 13.2. The van der Waals surface area contributed by atoms with E-state index in [4.69, 9.17) is 11.5 Å². The van der Waals surface area contributed by atoms with Gasteiger partial charge in [-0.3, -0.25) is 4.99 Å². The molecular weight excluding hydrogens is 264 g/mol. The summed E-state index contributed by atoms with van der Waals surface area (Å²) >= 11 is 0. The van der Waals surface area contributed by atoms with Crippen LogP contribution in [0.2, 0.25) is 0 Å². The molecule has 112 valence electrons. The molecule has 0 unspecified atom stereocenters. The highest BCUT2D eigenvalue weighted by atomic mass is 15.2. The summed E-state index contributed by atoms with van der Waals surface area (Å²) in [7, 11) is 3.61. The Bertz CT molecular complexity index is 681. The van der Waals surface area contributed by atoms with Crippen molar-refractivity contribution in [1.82, 2.24) is 9.88 Å².